The Morgan fingerprint density at radius 1 is 1.05 bits per heavy atom. The first-order valence-electron chi connectivity index (χ1n) is 13.7. The van der Waals surface area contributed by atoms with Crippen molar-refractivity contribution in [3.63, 3.8) is 0 Å². The van der Waals surface area contributed by atoms with Crippen molar-refractivity contribution < 1.29 is 13.9 Å². The van der Waals surface area contributed by atoms with Crippen LogP contribution in [0.1, 0.15) is 54.6 Å². The van der Waals surface area contributed by atoms with Gasteiger partial charge in [0.1, 0.15) is 17.3 Å². The number of carbonyl (C=O) groups excluding carboxylic acids is 1. The summed E-state index contributed by atoms with van der Waals surface area (Å²) in [6.07, 6.45) is 7.45. The molecule has 4 nitrogen and oxygen atoms in total. The van der Waals surface area contributed by atoms with Gasteiger partial charge in [0.05, 0.1) is 5.56 Å². The van der Waals surface area contributed by atoms with Crippen LogP contribution in [0.5, 0.6) is 11.5 Å². The first kappa shape index (κ1) is 29.7. The van der Waals surface area contributed by atoms with E-state index < -0.39 is 5.91 Å². The summed E-state index contributed by atoms with van der Waals surface area (Å²) < 4.78 is 18.1. The Morgan fingerprint density at radius 2 is 1.77 bits per heavy atom. The van der Waals surface area contributed by atoms with E-state index in [4.69, 9.17) is 10.5 Å². The molecule has 1 aliphatic heterocycles. The summed E-state index contributed by atoms with van der Waals surface area (Å²) in [4.78, 5) is 14.5. The first-order valence-corrected chi connectivity index (χ1v) is 13.7. The van der Waals surface area contributed by atoms with Gasteiger partial charge in [-0.3, -0.25) is 4.79 Å². The Labute approximate surface area is 233 Å². The summed E-state index contributed by atoms with van der Waals surface area (Å²) in [6.45, 7) is 14.3. The van der Waals surface area contributed by atoms with E-state index in [0.717, 1.165) is 49.2 Å². The van der Waals surface area contributed by atoms with Crippen LogP contribution in [0.4, 0.5) is 10.1 Å². The van der Waals surface area contributed by atoms with E-state index >= 15 is 0 Å². The molecule has 2 N–H and O–H groups in total. The van der Waals surface area contributed by atoms with Gasteiger partial charge in [-0.15, -0.1) is 0 Å². The maximum absolute atomic E-state index is 12.2. The zero-order chi connectivity index (χ0) is 28.4. The zero-order valence-corrected chi connectivity index (χ0v) is 23.6. The molecule has 5 heteroatoms. The molecule has 3 aromatic carbocycles. The van der Waals surface area contributed by atoms with E-state index in [-0.39, 0.29) is 5.82 Å². The van der Waals surface area contributed by atoms with Crippen LogP contribution in [-0.4, -0.2) is 19.0 Å². The molecule has 0 saturated carbocycles. The maximum Gasteiger partial charge on any atom is 0.252 e. The van der Waals surface area contributed by atoms with Gasteiger partial charge in [-0.2, -0.15) is 0 Å². The highest BCUT2D eigenvalue weighted by Gasteiger charge is 2.31. The fourth-order valence-electron chi connectivity index (χ4n) is 4.96. The smallest absolute Gasteiger partial charge is 0.252 e. The number of allylic oxidation sites excluding steroid dienone is 3. The molecular weight excluding hydrogens is 487 g/mol. The number of aryl methyl sites for hydroxylation is 2. The second-order valence-corrected chi connectivity index (χ2v) is 10.3. The molecule has 1 amide bonds. The van der Waals surface area contributed by atoms with Gasteiger partial charge in [-0.1, -0.05) is 67.5 Å². The lowest BCUT2D eigenvalue weighted by Crippen LogP contribution is -2.21. The summed E-state index contributed by atoms with van der Waals surface area (Å²) in [5.41, 5.74) is 10.4. The maximum atomic E-state index is 12.2. The standard InChI is InChI=1S/C27H34N2O2.C7H7F/c1-5-7-19(3)8-11-22-18-29(17-21(22)6-2)23-12-15-26(25(16-23)27(28)30)31-24-13-9-20(4)10-14-24;1-6-3-2-4-7(8)5-6/h5,7,9-10,12-16,21-22H,3,6,8,11,17-18H2,1-2,4H3,(H2,28,30);2-5H,1H3/b7-5+;. The number of hydrogen-bond acceptors (Lipinski definition) is 3. The number of nitrogens with two attached hydrogens (primary N) is 1. The summed E-state index contributed by atoms with van der Waals surface area (Å²) in [5.74, 6) is 1.80. The van der Waals surface area contributed by atoms with Gasteiger partial charge in [0.15, 0.2) is 0 Å². The Morgan fingerprint density at radius 3 is 2.36 bits per heavy atom. The number of benzene rings is 3. The zero-order valence-electron chi connectivity index (χ0n) is 23.6. The van der Waals surface area contributed by atoms with Crippen LogP contribution in [0.2, 0.25) is 0 Å². The molecule has 2 atom stereocenters. The normalized spacial score (nSPS) is 16.6. The molecule has 1 aliphatic rings. The van der Waals surface area contributed by atoms with Gasteiger partial charge in [0, 0.05) is 18.8 Å². The number of primary amides is 1. The number of hydrogen-bond donors (Lipinski definition) is 1. The van der Waals surface area contributed by atoms with E-state index in [9.17, 15) is 9.18 Å². The van der Waals surface area contributed by atoms with Gasteiger partial charge in [0.2, 0.25) is 0 Å². The summed E-state index contributed by atoms with van der Waals surface area (Å²) >= 11 is 0. The minimum atomic E-state index is -0.477. The number of halogens is 1. The highest BCUT2D eigenvalue weighted by Crippen LogP contribution is 2.36. The van der Waals surface area contributed by atoms with Gasteiger partial charge < -0.3 is 15.4 Å². The molecule has 206 valence electrons. The van der Waals surface area contributed by atoms with E-state index in [0.29, 0.717) is 28.9 Å². The predicted molar refractivity (Wildman–Crippen MR) is 160 cm³/mol. The lowest BCUT2D eigenvalue weighted by atomic mass is 9.88. The van der Waals surface area contributed by atoms with Crippen molar-refractivity contribution in [2.75, 3.05) is 18.0 Å². The second-order valence-electron chi connectivity index (χ2n) is 10.3. The van der Waals surface area contributed by atoms with Crippen molar-refractivity contribution >= 4 is 11.6 Å². The lowest BCUT2D eigenvalue weighted by molar-refractivity contribution is 0.0998. The fourth-order valence-corrected chi connectivity index (χ4v) is 4.96. The molecule has 1 fully saturated rings. The molecule has 0 radical (unpaired) electrons. The monoisotopic (exact) mass is 528 g/mol. The minimum Gasteiger partial charge on any atom is -0.457 e. The molecule has 0 aliphatic carbocycles. The molecule has 1 saturated heterocycles. The van der Waals surface area contributed by atoms with Crippen LogP contribution in [-0.2, 0) is 0 Å². The third kappa shape index (κ3) is 8.85. The van der Waals surface area contributed by atoms with Gasteiger partial charge in [-0.25, -0.2) is 4.39 Å². The average Bonchev–Trinajstić information content (AvgIpc) is 3.32. The van der Waals surface area contributed by atoms with Gasteiger partial charge in [0.25, 0.3) is 5.91 Å². The van der Waals surface area contributed by atoms with Crippen LogP contribution in [0, 0.1) is 31.5 Å². The number of carbonyl (C=O) groups is 1. The third-order valence-corrected chi connectivity index (χ3v) is 7.16. The predicted octanol–water partition coefficient (Wildman–Crippen LogP) is 8.40. The van der Waals surface area contributed by atoms with Crippen LogP contribution in [0.15, 0.2) is 91.0 Å². The summed E-state index contributed by atoms with van der Waals surface area (Å²) in [7, 11) is 0. The van der Waals surface area contributed by atoms with Crippen molar-refractivity contribution in [2.45, 2.75) is 47.0 Å². The van der Waals surface area contributed by atoms with Gasteiger partial charge in [-0.05, 0) is 93.5 Å². The van der Waals surface area contributed by atoms with Crippen molar-refractivity contribution in [1.29, 1.82) is 0 Å². The molecule has 2 unspecified atom stereocenters. The molecule has 4 rings (SSSR count). The van der Waals surface area contributed by atoms with E-state index in [2.05, 4.69) is 24.5 Å². The van der Waals surface area contributed by atoms with E-state index in [1.54, 1.807) is 6.07 Å². The van der Waals surface area contributed by atoms with Crippen LogP contribution in [0.25, 0.3) is 0 Å². The van der Waals surface area contributed by atoms with E-state index in [1.807, 2.05) is 75.4 Å². The van der Waals surface area contributed by atoms with Gasteiger partial charge >= 0.3 is 0 Å². The number of amides is 1. The summed E-state index contributed by atoms with van der Waals surface area (Å²) in [5, 5.41) is 0. The Kier molecular flexibility index (Phi) is 10.9. The largest absolute Gasteiger partial charge is 0.457 e. The molecule has 1 heterocycles. The highest BCUT2D eigenvalue weighted by molar-refractivity contribution is 5.96. The third-order valence-electron chi connectivity index (χ3n) is 7.16. The van der Waals surface area contributed by atoms with Crippen molar-refractivity contribution in [3.8, 4) is 11.5 Å². The number of ether oxygens (including phenoxy) is 1. The SMILES string of the molecule is C=C(/C=C/C)CCC1CN(c2ccc(Oc3ccc(C)cc3)c(C(N)=O)c2)CC1CC.Cc1cccc(F)c1. The van der Waals surface area contributed by atoms with Crippen molar-refractivity contribution in [1.82, 2.24) is 0 Å². The molecule has 3 aromatic rings. The lowest BCUT2D eigenvalue weighted by Gasteiger charge is -2.20. The Hall–Kier alpha value is -3.86. The molecule has 0 spiro atoms. The number of nitrogens with zero attached hydrogens (tertiary/aromatic N) is 1. The van der Waals surface area contributed by atoms with Crippen LogP contribution < -0.4 is 15.4 Å². The van der Waals surface area contributed by atoms with Crippen LogP contribution in [0.3, 0.4) is 0 Å². The quantitative estimate of drug-likeness (QED) is 0.284. The van der Waals surface area contributed by atoms with Crippen molar-refractivity contribution in [2.24, 2.45) is 17.6 Å². The number of anilines is 1. The summed E-state index contributed by atoms with van der Waals surface area (Å²) in [6, 6.07) is 20.0. The molecule has 0 bridgehead atoms. The average molecular weight is 529 g/mol. The van der Waals surface area contributed by atoms with E-state index in [1.165, 1.54) is 17.7 Å². The fraction of sp³-hybridized carbons (Fsp3) is 0.324. The Balaban J connectivity index is 0.000000449. The first-order chi connectivity index (χ1) is 18.7. The molecular formula is C34H41FN2O2. The van der Waals surface area contributed by atoms with Crippen molar-refractivity contribution in [3.05, 3.63) is 114 Å². The second kappa shape index (κ2) is 14.3. The van der Waals surface area contributed by atoms with Crippen LogP contribution >= 0.6 is 0 Å². The highest BCUT2D eigenvalue weighted by atomic mass is 19.1. The molecule has 0 aromatic heterocycles. The minimum absolute atomic E-state index is 0.162. The topological polar surface area (TPSA) is 55.6 Å². The Bertz CT molecular complexity index is 1270. The molecule has 39 heavy (non-hydrogen) atoms. The number of rotatable bonds is 9.